The lowest BCUT2D eigenvalue weighted by Crippen LogP contribution is -2.37. The molecule has 2 heterocycles. The van der Waals surface area contributed by atoms with Gasteiger partial charge in [0.2, 0.25) is 5.88 Å². The van der Waals surface area contributed by atoms with Crippen molar-refractivity contribution in [3.8, 4) is 5.88 Å². The van der Waals surface area contributed by atoms with Crippen LogP contribution >= 0.6 is 15.9 Å². The molecule has 1 aliphatic heterocycles. The van der Waals surface area contributed by atoms with Crippen LogP contribution in [0.3, 0.4) is 0 Å². The highest BCUT2D eigenvalue weighted by Gasteiger charge is 2.20. The zero-order valence-electron chi connectivity index (χ0n) is 15.1. The van der Waals surface area contributed by atoms with E-state index in [9.17, 15) is 9.90 Å². The molecule has 0 bridgehead atoms. The van der Waals surface area contributed by atoms with Crippen LogP contribution in [0.2, 0.25) is 0 Å². The number of aromatic nitrogens is 1. The van der Waals surface area contributed by atoms with E-state index in [-0.39, 0.29) is 11.6 Å². The van der Waals surface area contributed by atoms with E-state index < -0.39 is 5.91 Å². The monoisotopic (exact) mass is 442 g/mol. The first kappa shape index (κ1) is 18.8. The first-order chi connectivity index (χ1) is 13.6. The van der Waals surface area contributed by atoms with Crippen molar-refractivity contribution in [2.75, 3.05) is 26.3 Å². The standard InChI is InChI=1S/C20H19BrN4O3/c21-15-6-7-17-16(12-15)18(22-23-19(26)14-4-2-1-3-5-14)20(27)25(17)13-24-8-10-28-11-9-24/h1-7,12,27H,8-11,13H2. The van der Waals surface area contributed by atoms with E-state index in [1.54, 1.807) is 28.8 Å². The molecule has 0 saturated carbocycles. The van der Waals surface area contributed by atoms with Crippen LogP contribution < -0.4 is 0 Å². The fourth-order valence-electron chi connectivity index (χ4n) is 3.21. The van der Waals surface area contributed by atoms with E-state index in [2.05, 4.69) is 31.1 Å². The zero-order valence-corrected chi connectivity index (χ0v) is 16.7. The van der Waals surface area contributed by atoms with Gasteiger partial charge in [0.15, 0.2) is 5.69 Å². The molecule has 0 spiro atoms. The maximum atomic E-state index is 12.3. The minimum absolute atomic E-state index is 0.01000. The summed E-state index contributed by atoms with van der Waals surface area (Å²) in [5, 5.41) is 19.5. The molecular weight excluding hydrogens is 424 g/mol. The molecule has 0 unspecified atom stereocenters. The largest absolute Gasteiger partial charge is 0.493 e. The maximum absolute atomic E-state index is 12.3. The third-order valence-electron chi connectivity index (χ3n) is 4.68. The highest BCUT2D eigenvalue weighted by atomic mass is 79.9. The van der Waals surface area contributed by atoms with Crippen molar-refractivity contribution in [2.24, 2.45) is 10.2 Å². The van der Waals surface area contributed by atoms with Crippen molar-refractivity contribution < 1.29 is 14.6 Å². The second-order valence-corrected chi connectivity index (χ2v) is 7.42. The molecule has 8 heteroatoms. The number of fused-ring (bicyclic) bond motifs is 1. The van der Waals surface area contributed by atoms with Gasteiger partial charge in [-0.2, -0.15) is 0 Å². The van der Waals surface area contributed by atoms with Gasteiger partial charge in [-0.05, 0) is 30.3 Å². The van der Waals surface area contributed by atoms with Gasteiger partial charge in [0.1, 0.15) is 0 Å². The summed E-state index contributed by atoms with van der Waals surface area (Å²) >= 11 is 3.46. The van der Waals surface area contributed by atoms with Crippen molar-refractivity contribution in [2.45, 2.75) is 6.67 Å². The summed E-state index contributed by atoms with van der Waals surface area (Å²) in [6, 6.07) is 14.4. The third-order valence-corrected chi connectivity index (χ3v) is 5.17. The highest BCUT2D eigenvalue weighted by Crippen LogP contribution is 2.40. The summed E-state index contributed by atoms with van der Waals surface area (Å²) in [4.78, 5) is 14.5. The van der Waals surface area contributed by atoms with Gasteiger partial charge < -0.3 is 9.84 Å². The van der Waals surface area contributed by atoms with E-state index >= 15 is 0 Å². The van der Waals surface area contributed by atoms with E-state index in [4.69, 9.17) is 4.74 Å². The number of ether oxygens (including phenoxy) is 1. The van der Waals surface area contributed by atoms with Gasteiger partial charge in [-0.25, -0.2) is 0 Å². The van der Waals surface area contributed by atoms with E-state index in [0.717, 1.165) is 28.5 Å². The number of hydrogen-bond donors (Lipinski definition) is 1. The fraction of sp³-hybridized carbons (Fsp3) is 0.250. The van der Waals surface area contributed by atoms with Crippen molar-refractivity contribution >= 4 is 38.4 Å². The lowest BCUT2D eigenvalue weighted by Gasteiger charge is -2.27. The molecular formula is C20H19BrN4O3. The molecule has 1 saturated heterocycles. The lowest BCUT2D eigenvalue weighted by molar-refractivity contribution is 0.0231. The molecule has 3 aromatic rings. The molecule has 1 N–H and O–H groups in total. The summed E-state index contributed by atoms with van der Waals surface area (Å²) in [5.74, 6) is -0.465. The number of hydrogen-bond acceptors (Lipinski definition) is 5. The summed E-state index contributed by atoms with van der Waals surface area (Å²) in [6.07, 6.45) is 0. The number of rotatable bonds is 4. The Balaban J connectivity index is 1.71. The molecule has 1 aliphatic rings. The van der Waals surface area contributed by atoms with Crippen molar-refractivity contribution in [1.29, 1.82) is 0 Å². The molecule has 2 aromatic carbocycles. The van der Waals surface area contributed by atoms with E-state index in [0.29, 0.717) is 25.4 Å². The Hall–Kier alpha value is -2.55. The minimum atomic E-state index is -0.455. The van der Waals surface area contributed by atoms with Gasteiger partial charge in [-0.3, -0.25) is 14.3 Å². The SMILES string of the molecule is O=C(N=Nc1c(O)n(CN2CCOCC2)c2ccc(Br)cc12)c1ccccc1. The molecule has 1 aromatic heterocycles. The third kappa shape index (κ3) is 3.84. The number of halogens is 1. The predicted molar refractivity (Wildman–Crippen MR) is 109 cm³/mol. The van der Waals surface area contributed by atoms with Gasteiger partial charge in [0.05, 0.1) is 25.4 Å². The Bertz CT molecular complexity index is 1030. The van der Waals surface area contributed by atoms with Gasteiger partial charge in [-0.1, -0.05) is 34.1 Å². The second kappa shape index (κ2) is 8.22. The van der Waals surface area contributed by atoms with Crippen LogP contribution in [0.15, 0.2) is 63.2 Å². The molecule has 1 fully saturated rings. The van der Waals surface area contributed by atoms with Crippen molar-refractivity contribution in [1.82, 2.24) is 9.47 Å². The van der Waals surface area contributed by atoms with Gasteiger partial charge in [0.25, 0.3) is 5.91 Å². The van der Waals surface area contributed by atoms with Crippen molar-refractivity contribution in [3.63, 3.8) is 0 Å². The van der Waals surface area contributed by atoms with Crippen LogP contribution in [-0.2, 0) is 11.4 Å². The lowest BCUT2D eigenvalue weighted by atomic mass is 10.2. The second-order valence-electron chi connectivity index (χ2n) is 6.50. The Morgan fingerprint density at radius 2 is 1.89 bits per heavy atom. The molecule has 0 atom stereocenters. The average molecular weight is 443 g/mol. The Morgan fingerprint density at radius 1 is 1.14 bits per heavy atom. The molecule has 1 amide bonds. The molecule has 28 heavy (non-hydrogen) atoms. The van der Waals surface area contributed by atoms with Crippen molar-refractivity contribution in [3.05, 3.63) is 58.6 Å². The summed E-state index contributed by atoms with van der Waals surface area (Å²) < 4.78 is 8.03. The normalized spacial score (nSPS) is 15.5. The number of amides is 1. The fourth-order valence-corrected chi connectivity index (χ4v) is 3.57. The Morgan fingerprint density at radius 3 is 2.64 bits per heavy atom. The number of carbonyl (C=O) groups is 1. The van der Waals surface area contributed by atoms with Crippen LogP contribution in [0.25, 0.3) is 10.9 Å². The molecule has 0 aliphatic carbocycles. The Labute approximate surface area is 170 Å². The Kier molecular flexibility index (Phi) is 5.52. The summed E-state index contributed by atoms with van der Waals surface area (Å²) in [5.41, 5.74) is 1.56. The number of benzene rings is 2. The summed E-state index contributed by atoms with van der Waals surface area (Å²) in [6.45, 7) is 3.43. The smallest absolute Gasteiger partial charge is 0.295 e. The van der Waals surface area contributed by atoms with Gasteiger partial charge in [-0.15, -0.1) is 10.2 Å². The minimum Gasteiger partial charge on any atom is -0.493 e. The van der Waals surface area contributed by atoms with Crippen LogP contribution in [-0.4, -0.2) is 46.8 Å². The van der Waals surface area contributed by atoms with E-state index in [1.165, 1.54) is 0 Å². The predicted octanol–water partition coefficient (Wildman–Crippen LogP) is 4.32. The average Bonchev–Trinajstić information content (AvgIpc) is 2.98. The zero-order chi connectivity index (χ0) is 19.5. The summed E-state index contributed by atoms with van der Waals surface area (Å²) in [7, 11) is 0. The van der Waals surface area contributed by atoms with Crippen LogP contribution in [0.5, 0.6) is 5.88 Å². The van der Waals surface area contributed by atoms with Crippen LogP contribution in [0.1, 0.15) is 10.4 Å². The molecule has 7 nitrogen and oxygen atoms in total. The van der Waals surface area contributed by atoms with Crippen LogP contribution in [0, 0.1) is 0 Å². The molecule has 4 rings (SSSR count). The number of aromatic hydroxyl groups is 1. The maximum Gasteiger partial charge on any atom is 0.295 e. The van der Waals surface area contributed by atoms with E-state index in [1.807, 2.05) is 24.3 Å². The van der Waals surface area contributed by atoms with Gasteiger partial charge in [0, 0.05) is 28.5 Å². The quantitative estimate of drug-likeness (QED) is 0.609. The number of carbonyl (C=O) groups excluding carboxylic acids is 1. The van der Waals surface area contributed by atoms with Crippen LogP contribution in [0.4, 0.5) is 5.69 Å². The topological polar surface area (TPSA) is 79.4 Å². The number of azo groups is 1. The first-order valence-electron chi connectivity index (χ1n) is 8.95. The molecule has 0 radical (unpaired) electrons. The first-order valence-corrected chi connectivity index (χ1v) is 9.75. The molecule has 144 valence electrons. The van der Waals surface area contributed by atoms with Gasteiger partial charge >= 0.3 is 0 Å². The highest BCUT2D eigenvalue weighted by molar-refractivity contribution is 9.10. The number of nitrogens with zero attached hydrogens (tertiary/aromatic N) is 4. The number of morpholine rings is 1.